The molecule has 2 rings (SSSR count). The van der Waals surface area contributed by atoms with Crippen molar-refractivity contribution in [3.8, 4) is 5.75 Å². The molecule has 5 heteroatoms. The summed E-state index contributed by atoms with van der Waals surface area (Å²) in [6.07, 6.45) is 1.73. The zero-order valence-electron chi connectivity index (χ0n) is 9.57. The summed E-state index contributed by atoms with van der Waals surface area (Å²) >= 11 is 9.42. The highest BCUT2D eigenvalue weighted by Gasteiger charge is 2.03. The first-order valence-electron chi connectivity index (χ1n) is 5.41. The van der Waals surface area contributed by atoms with Crippen molar-refractivity contribution in [3.63, 3.8) is 0 Å². The lowest BCUT2D eigenvalue weighted by Crippen LogP contribution is -2.02. The summed E-state index contributed by atoms with van der Waals surface area (Å²) in [5, 5.41) is 0.589. The summed E-state index contributed by atoms with van der Waals surface area (Å²) in [4.78, 5) is 4.13. The fraction of sp³-hybridized carbons (Fsp3) is 0.154. The van der Waals surface area contributed by atoms with Crippen LogP contribution in [0, 0.1) is 0 Å². The van der Waals surface area contributed by atoms with Gasteiger partial charge in [-0.25, -0.2) is 0 Å². The first-order valence-corrected chi connectivity index (χ1v) is 6.58. The third-order valence-electron chi connectivity index (χ3n) is 2.38. The molecule has 2 aromatic rings. The molecule has 0 saturated carbocycles. The van der Waals surface area contributed by atoms with Crippen LogP contribution in [0.25, 0.3) is 0 Å². The second-order valence-electron chi connectivity index (χ2n) is 3.72. The normalized spacial score (nSPS) is 10.4. The number of hydrogen-bond acceptors (Lipinski definition) is 3. The number of nitrogens with two attached hydrogens (primary N) is 1. The van der Waals surface area contributed by atoms with Crippen LogP contribution in [0.1, 0.15) is 11.3 Å². The molecule has 0 radical (unpaired) electrons. The van der Waals surface area contributed by atoms with E-state index in [2.05, 4.69) is 20.9 Å². The third kappa shape index (κ3) is 3.45. The highest BCUT2D eigenvalue weighted by Crippen LogP contribution is 2.28. The molecule has 0 aliphatic heterocycles. The van der Waals surface area contributed by atoms with E-state index in [1.165, 1.54) is 0 Å². The minimum Gasteiger partial charge on any atom is -0.487 e. The summed E-state index contributed by atoms with van der Waals surface area (Å²) in [7, 11) is 0. The quantitative estimate of drug-likeness (QED) is 0.934. The lowest BCUT2D eigenvalue weighted by molar-refractivity contribution is 0.306. The van der Waals surface area contributed by atoms with Gasteiger partial charge in [-0.2, -0.15) is 0 Å². The van der Waals surface area contributed by atoms with Gasteiger partial charge in [0.1, 0.15) is 12.4 Å². The minimum atomic E-state index is 0.422. The van der Waals surface area contributed by atoms with E-state index in [1.54, 1.807) is 12.3 Å². The molecule has 0 saturated heterocycles. The first kappa shape index (κ1) is 13.3. The highest BCUT2D eigenvalue weighted by molar-refractivity contribution is 9.10. The molecule has 18 heavy (non-hydrogen) atoms. The monoisotopic (exact) mass is 326 g/mol. The third-order valence-corrected chi connectivity index (χ3v) is 3.18. The van der Waals surface area contributed by atoms with Crippen molar-refractivity contribution in [1.29, 1.82) is 0 Å². The van der Waals surface area contributed by atoms with Crippen molar-refractivity contribution in [3.05, 3.63) is 57.3 Å². The fourth-order valence-corrected chi connectivity index (χ4v) is 1.99. The summed E-state index contributed by atoms with van der Waals surface area (Å²) in [5.41, 5.74) is 7.40. The number of hydrogen-bond donors (Lipinski definition) is 1. The molecule has 2 N–H and O–H groups in total. The Bertz CT molecular complexity index is 548. The maximum Gasteiger partial charge on any atom is 0.139 e. The van der Waals surface area contributed by atoms with Crippen molar-refractivity contribution in [1.82, 2.24) is 4.98 Å². The number of pyridine rings is 1. The van der Waals surface area contributed by atoms with Gasteiger partial charge in [-0.15, -0.1) is 0 Å². The van der Waals surface area contributed by atoms with E-state index in [0.717, 1.165) is 15.7 Å². The summed E-state index contributed by atoms with van der Waals surface area (Å²) in [5.74, 6) is 0.650. The molecular formula is C13H12BrClN2O. The van der Waals surface area contributed by atoms with Crippen LogP contribution in [0.2, 0.25) is 5.02 Å². The lowest BCUT2D eigenvalue weighted by Gasteiger charge is -2.09. The molecule has 1 aromatic carbocycles. The van der Waals surface area contributed by atoms with Gasteiger partial charge in [0.2, 0.25) is 0 Å². The zero-order chi connectivity index (χ0) is 13.0. The minimum absolute atomic E-state index is 0.422. The lowest BCUT2D eigenvalue weighted by atomic mass is 10.2. The molecule has 0 atom stereocenters. The second-order valence-corrected chi connectivity index (χ2v) is 5.05. The molecule has 94 valence electrons. The molecule has 0 aliphatic rings. The van der Waals surface area contributed by atoms with Crippen LogP contribution >= 0.6 is 27.5 Å². The number of aromatic nitrogens is 1. The smallest absolute Gasteiger partial charge is 0.139 e. The van der Waals surface area contributed by atoms with Crippen LogP contribution in [-0.4, -0.2) is 4.98 Å². The Labute approximate surface area is 119 Å². The van der Waals surface area contributed by atoms with Crippen molar-refractivity contribution in [2.45, 2.75) is 13.2 Å². The van der Waals surface area contributed by atoms with Gasteiger partial charge < -0.3 is 10.5 Å². The van der Waals surface area contributed by atoms with Crippen LogP contribution in [0.5, 0.6) is 5.75 Å². The second kappa shape index (κ2) is 6.18. The Balaban J connectivity index is 2.08. The van der Waals surface area contributed by atoms with E-state index < -0.39 is 0 Å². The summed E-state index contributed by atoms with van der Waals surface area (Å²) < 4.78 is 6.60. The predicted molar refractivity (Wildman–Crippen MR) is 75.6 cm³/mol. The van der Waals surface area contributed by atoms with Crippen LogP contribution in [0.4, 0.5) is 0 Å². The topological polar surface area (TPSA) is 48.1 Å². The van der Waals surface area contributed by atoms with Gasteiger partial charge in [0.05, 0.1) is 10.7 Å². The average Bonchev–Trinajstić information content (AvgIpc) is 2.40. The van der Waals surface area contributed by atoms with E-state index in [-0.39, 0.29) is 0 Å². The highest BCUT2D eigenvalue weighted by atomic mass is 79.9. The largest absolute Gasteiger partial charge is 0.487 e. The average molecular weight is 328 g/mol. The van der Waals surface area contributed by atoms with Crippen molar-refractivity contribution >= 4 is 27.5 Å². The number of benzene rings is 1. The molecule has 0 spiro atoms. The summed E-state index contributed by atoms with van der Waals surface area (Å²) in [6.45, 7) is 0.858. The van der Waals surface area contributed by atoms with Crippen molar-refractivity contribution in [2.75, 3.05) is 0 Å². The van der Waals surface area contributed by atoms with Gasteiger partial charge in [-0.1, -0.05) is 27.5 Å². The van der Waals surface area contributed by atoms with E-state index in [1.807, 2.05) is 24.3 Å². The Morgan fingerprint density at radius 2 is 2.11 bits per heavy atom. The predicted octanol–water partition coefficient (Wildman–Crippen LogP) is 3.54. The molecule has 0 fully saturated rings. The Morgan fingerprint density at radius 1 is 1.28 bits per heavy atom. The maximum absolute atomic E-state index is 6.04. The van der Waals surface area contributed by atoms with Gasteiger partial charge in [0.15, 0.2) is 0 Å². The molecule has 1 heterocycles. The fourth-order valence-electron chi connectivity index (χ4n) is 1.48. The number of ether oxygens (including phenoxy) is 1. The molecule has 0 unspecified atom stereocenters. The van der Waals surface area contributed by atoms with Crippen molar-refractivity contribution < 1.29 is 4.74 Å². The zero-order valence-corrected chi connectivity index (χ0v) is 11.9. The SMILES string of the molecule is NCc1cc(COc2cc(Br)ccc2Cl)ccn1. The Kier molecular flexibility index (Phi) is 4.58. The van der Waals surface area contributed by atoms with Crippen LogP contribution in [0.3, 0.4) is 0 Å². The number of nitrogens with zero attached hydrogens (tertiary/aromatic N) is 1. The maximum atomic E-state index is 6.04. The van der Waals surface area contributed by atoms with E-state index in [9.17, 15) is 0 Å². The number of halogens is 2. The number of rotatable bonds is 4. The molecule has 0 amide bonds. The van der Waals surface area contributed by atoms with E-state index in [4.69, 9.17) is 22.1 Å². The van der Waals surface area contributed by atoms with E-state index in [0.29, 0.717) is 23.9 Å². The summed E-state index contributed by atoms with van der Waals surface area (Å²) in [6, 6.07) is 9.32. The molecular weight excluding hydrogens is 316 g/mol. The molecule has 1 aromatic heterocycles. The molecule has 3 nitrogen and oxygen atoms in total. The van der Waals surface area contributed by atoms with Crippen molar-refractivity contribution in [2.24, 2.45) is 5.73 Å². The molecule has 0 bridgehead atoms. The van der Waals surface area contributed by atoms with Gasteiger partial charge in [0, 0.05) is 17.2 Å². The Hall–Kier alpha value is -1.10. The van der Waals surface area contributed by atoms with Crippen LogP contribution in [-0.2, 0) is 13.2 Å². The van der Waals surface area contributed by atoms with Gasteiger partial charge in [0.25, 0.3) is 0 Å². The van der Waals surface area contributed by atoms with Crippen LogP contribution < -0.4 is 10.5 Å². The molecule has 0 aliphatic carbocycles. The van der Waals surface area contributed by atoms with E-state index >= 15 is 0 Å². The van der Waals surface area contributed by atoms with Gasteiger partial charge in [-0.05, 0) is 35.9 Å². The van der Waals surface area contributed by atoms with Gasteiger partial charge >= 0.3 is 0 Å². The first-order chi connectivity index (χ1) is 8.69. The Morgan fingerprint density at radius 3 is 2.89 bits per heavy atom. The standard InChI is InChI=1S/C13H12BrClN2O/c14-10-1-2-12(15)13(6-10)18-8-9-3-4-17-11(5-9)7-16/h1-6H,7-8,16H2. The van der Waals surface area contributed by atoms with Crippen LogP contribution in [0.15, 0.2) is 41.0 Å². The van der Waals surface area contributed by atoms with Gasteiger partial charge in [-0.3, -0.25) is 4.98 Å².